The molecule has 0 radical (unpaired) electrons. The summed E-state index contributed by atoms with van der Waals surface area (Å²) in [6.45, 7) is 9.10. The van der Waals surface area contributed by atoms with Crippen molar-refractivity contribution in [1.82, 2.24) is 14.6 Å². The van der Waals surface area contributed by atoms with E-state index in [1.807, 2.05) is 6.07 Å². The molecule has 0 N–H and O–H groups in total. The summed E-state index contributed by atoms with van der Waals surface area (Å²) >= 11 is 0. The second-order valence-electron chi connectivity index (χ2n) is 11.1. The van der Waals surface area contributed by atoms with Gasteiger partial charge in [-0.15, -0.1) is 10.2 Å². The minimum absolute atomic E-state index is 0.460. The Kier molecular flexibility index (Phi) is 5.92. The van der Waals surface area contributed by atoms with Gasteiger partial charge in [-0.1, -0.05) is 82.3 Å². The maximum atomic E-state index is 6.55. The number of fused-ring (bicyclic) bond motifs is 6. The lowest BCUT2D eigenvalue weighted by atomic mass is 9.91. The Morgan fingerprint density at radius 2 is 1.43 bits per heavy atom. The summed E-state index contributed by atoms with van der Waals surface area (Å²) in [5.41, 5.74) is 8.80. The van der Waals surface area contributed by atoms with Crippen molar-refractivity contribution in [3.8, 4) is 22.5 Å². The predicted molar refractivity (Wildman–Crippen MR) is 166 cm³/mol. The van der Waals surface area contributed by atoms with E-state index >= 15 is 0 Å². The van der Waals surface area contributed by atoms with E-state index in [0.717, 1.165) is 62.9 Å². The van der Waals surface area contributed by atoms with Crippen molar-refractivity contribution in [3.63, 3.8) is 0 Å². The van der Waals surface area contributed by atoms with Crippen LogP contribution in [0, 0.1) is 0 Å². The molecule has 40 heavy (non-hydrogen) atoms. The monoisotopic (exact) mass is 523 g/mol. The lowest BCUT2D eigenvalue weighted by molar-refractivity contribution is 0.668. The van der Waals surface area contributed by atoms with Crippen LogP contribution < -0.4 is 0 Å². The lowest BCUT2D eigenvalue weighted by Crippen LogP contribution is -1.93. The number of hydrogen-bond donors (Lipinski definition) is 0. The third-order valence-corrected chi connectivity index (χ3v) is 8.73. The van der Waals surface area contributed by atoms with E-state index in [4.69, 9.17) is 4.42 Å². The average molecular weight is 524 g/mol. The third-order valence-electron chi connectivity index (χ3n) is 8.73. The average Bonchev–Trinajstić information content (AvgIpc) is 3.61. The van der Waals surface area contributed by atoms with Gasteiger partial charge >= 0.3 is 0 Å². The zero-order valence-corrected chi connectivity index (χ0v) is 23.5. The molecule has 0 aliphatic carbocycles. The van der Waals surface area contributed by atoms with Gasteiger partial charge < -0.3 is 4.42 Å². The molecule has 0 fully saturated rings. The maximum absolute atomic E-state index is 6.55. The van der Waals surface area contributed by atoms with Gasteiger partial charge in [0, 0.05) is 33.5 Å². The molecule has 0 amide bonds. The van der Waals surface area contributed by atoms with Gasteiger partial charge in [-0.25, -0.2) is 0 Å². The number of benzene rings is 4. The predicted octanol–water partition coefficient (Wildman–Crippen LogP) is 10.1. The molecule has 7 aromatic rings. The van der Waals surface area contributed by atoms with Crippen molar-refractivity contribution < 1.29 is 4.42 Å². The Morgan fingerprint density at radius 3 is 2.23 bits per heavy atom. The van der Waals surface area contributed by atoms with E-state index in [9.17, 15) is 0 Å². The Bertz CT molecular complexity index is 2010. The van der Waals surface area contributed by atoms with Gasteiger partial charge in [0.1, 0.15) is 11.2 Å². The van der Waals surface area contributed by atoms with Crippen LogP contribution in [0.2, 0.25) is 0 Å². The minimum Gasteiger partial charge on any atom is -0.455 e. The molecule has 3 aromatic heterocycles. The fraction of sp³-hybridized carbons (Fsp3) is 0.222. The Labute approximate surface area is 234 Å². The van der Waals surface area contributed by atoms with Crippen molar-refractivity contribution in [1.29, 1.82) is 0 Å². The van der Waals surface area contributed by atoms with E-state index in [1.165, 1.54) is 21.9 Å². The molecule has 0 bridgehead atoms. The molecule has 0 aliphatic heterocycles. The van der Waals surface area contributed by atoms with E-state index < -0.39 is 0 Å². The van der Waals surface area contributed by atoms with Crippen LogP contribution in [0.4, 0.5) is 0 Å². The normalized spacial score (nSPS) is 13.5. The van der Waals surface area contributed by atoms with Crippen LogP contribution >= 0.6 is 0 Å². The highest BCUT2D eigenvalue weighted by Crippen LogP contribution is 2.40. The van der Waals surface area contributed by atoms with Gasteiger partial charge in [-0.2, -0.15) is 0 Å². The molecule has 198 valence electrons. The van der Waals surface area contributed by atoms with Crippen LogP contribution in [-0.2, 0) is 0 Å². The Balaban J connectivity index is 1.37. The first kappa shape index (κ1) is 24.6. The molecule has 0 spiro atoms. The van der Waals surface area contributed by atoms with E-state index in [2.05, 4.69) is 127 Å². The third kappa shape index (κ3) is 3.90. The van der Waals surface area contributed by atoms with E-state index in [1.54, 1.807) is 0 Å². The highest BCUT2D eigenvalue weighted by atomic mass is 16.3. The SMILES string of the molecule is CCC(C)c1ccc2oc3c(-c4ccc(-c5nnc6c7ccccc7ccn56)cc4)cc(C(C)CC)cc3c2c1. The molecular formula is C36H33N3O. The summed E-state index contributed by atoms with van der Waals surface area (Å²) in [7, 11) is 0. The second-order valence-corrected chi connectivity index (χ2v) is 11.1. The van der Waals surface area contributed by atoms with Gasteiger partial charge in [0.15, 0.2) is 11.5 Å². The van der Waals surface area contributed by atoms with Gasteiger partial charge in [0.25, 0.3) is 0 Å². The summed E-state index contributed by atoms with van der Waals surface area (Å²) in [5.74, 6) is 1.82. The molecule has 4 aromatic carbocycles. The molecular weight excluding hydrogens is 490 g/mol. The zero-order valence-electron chi connectivity index (χ0n) is 23.5. The molecule has 4 nitrogen and oxygen atoms in total. The van der Waals surface area contributed by atoms with Crippen molar-refractivity contribution in [3.05, 3.63) is 102 Å². The zero-order chi connectivity index (χ0) is 27.4. The fourth-order valence-electron chi connectivity index (χ4n) is 5.81. The summed E-state index contributed by atoms with van der Waals surface area (Å²) in [6, 6.07) is 30.4. The number of aromatic nitrogens is 3. The summed E-state index contributed by atoms with van der Waals surface area (Å²) in [6.07, 6.45) is 4.27. The fourth-order valence-corrected chi connectivity index (χ4v) is 5.81. The molecule has 0 aliphatic rings. The molecule has 0 saturated carbocycles. The van der Waals surface area contributed by atoms with Crippen molar-refractivity contribution in [2.75, 3.05) is 0 Å². The number of nitrogens with zero attached hydrogens (tertiary/aromatic N) is 3. The quantitative estimate of drug-likeness (QED) is 0.218. The van der Waals surface area contributed by atoms with E-state index in [-0.39, 0.29) is 0 Å². The topological polar surface area (TPSA) is 43.3 Å². The van der Waals surface area contributed by atoms with Gasteiger partial charge in [-0.3, -0.25) is 4.40 Å². The molecule has 4 heteroatoms. The highest BCUT2D eigenvalue weighted by molar-refractivity contribution is 6.10. The van der Waals surface area contributed by atoms with Crippen LogP contribution in [0.5, 0.6) is 0 Å². The largest absolute Gasteiger partial charge is 0.455 e. The standard InChI is InChI=1S/C36H33N3O/c1-5-22(3)27-15-16-33-31(19-27)32-21-28(23(4)6-2)20-30(34(32)40-33)25-11-13-26(14-12-25)35-37-38-36-29-10-8-7-9-24(29)17-18-39(35)36/h7-23H,5-6H2,1-4H3. The number of hydrogen-bond acceptors (Lipinski definition) is 3. The van der Waals surface area contributed by atoms with Crippen LogP contribution in [0.15, 0.2) is 95.5 Å². The summed E-state index contributed by atoms with van der Waals surface area (Å²) in [4.78, 5) is 0. The molecule has 3 heterocycles. The second kappa shape index (κ2) is 9.63. The van der Waals surface area contributed by atoms with Gasteiger partial charge in [0.2, 0.25) is 0 Å². The Morgan fingerprint density at radius 1 is 0.700 bits per heavy atom. The first-order valence-electron chi connectivity index (χ1n) is 14.4. The maximum Gasteiger partial charge on any atom is 0.168 e. The number of pyridine rings is 1. The van der Waals surface area contributed by atoms with Crippen LogP contribution in [0.25, 0.3) is 60.9 Å². The van der Waals surface area contributed by atoms with Gasteiger partial charge in [0.05, 0.1) is 0 Å². The van der Waals surface area contributed by atoms with Crippen LogP contribution in [0.3, 0.4) is 0 Å². The van der Waals surface area contributed by atoms with Crippen molar-refractivity contribution in [2.45, 2.75) is 52.4 Å². The molecule has 2 atom stereocenters. The van der Waals surface area contributed by atoms with Crippen molar-refractivity contribution in [2.24, 2.45) is 0 Å². The molecule has 0 saturated heterocycles. The lowest BCUT2D eigenvalue weighted by Gasteiger charge is -2.13. The highest BCUT2D eigenvalue weighted by Gasteiger charge is 2.18. The Hall–Kier alpha value is -4.44. The van der Waals surface area contributed by atoms with Crippen molar-refractivity contribution >= 4 is 38.4 Å². The summed E-state index contributed by atoms with van der Waals surface area (Å²) in [5, 5.41) is 13.8. The minimum atomic E-state index is 0.460. The molecule has 2 unspecified atom stereocenters. The first-order chi connectivity index (χ1) is 19.6. The number of rotatable bonds is 6. The number of furan rings is 1. The smallest absolute Gasteiger partial charge is 0.168 e. The first-order valence-corrected chi connectivity index (χ1v) is 14.4. The summed E-state index contributed by atoms with van der Waals surface area (Å²) < 4.78 is 8.63. The van der Waals surface area contributed by atoms with Crippen LogP contribution in [0.1, 0.15) is 63.5 Å². The van der Waals surface area contributed by atoms with E-state index in [0.29, 0.717) is 11.8 Å². The van der Waals surface area contributed by atoms with Crippen LogP contribution in [-0.4, -0.2) is 14.6 Å². The molecule has 7 rings (SSSR count). The van der Waals surface area contributed by atoms with Gasteiger partial charge in [-0.05, 0) is 77.1 Å².